The second-order valence-corrected chi connectivity index (χ2v) is 5.52. The zero-order chi connectivity index (χ0) is 13.6. The molecule has 1 fully saturated rings. The van der Waals surface area contributed by atoms with E-state index >= 15 is 0 Å². The Bertz CT molecular complexity index is 525. The van der Waals surface area contributed by atoms with Crippen molar-refractivity contribution in [2.24, 2.45) is 0 Å². The van der Waals surface area contributed by atoms with E-state index in [2.05, 4.69) is 25.6 Å². The van der Waals surface area contributed by atoms with Gasteiger partial charge in [-0.3, -0.25) is 9.88 Å². The van der Waals surface area contributed by atoms with Crippen molar-refractivity contribution in [3.8, 4) is 11.3 Å². The fourth-order valence-corrected chi connectivity index (χ4v) is 2.90. The van der Waals surface area contributed by atoms with Gasteiger partial charge in [0.15, 0.2) is 5.13 Å². The molecule has 5 nitrogen and oxygen atoms in total. The number of anilines is 1. The highest BCUT2D eigenvalue weighted by molar-refractivity contribution is 7.14. The van der Waals surface area contributed by atoms with Crippen LogP contribution in [0.25, 0.3) is 11.3 Å². The number of nitrogens with one attached hydrogen (secondary N) is 1. The summed E-state index contributed by atoms with van der Waals surface area (Å²) in [6.07, 6.45) is 3.62. The van der Waals surface area contributed by atoms with Crippen molar-refractivity contribution in [1.82, 2.24) is 14.9 Å². The molecule has 2 aromatic rings. The lowest BCUT2D eigenvalue weighted by molar-refractivity contribution is 0.0398. The number of rotatable bonds is 5. The maximum Gasteiger partial charge on any atom is 0.183 e. The minimum absolute atomic E-state index is 0.850. The highest BCUT2D eigenvalue weighted by Gasteiger charge is 2.10. The summed E-state index contributed by atoms with van der Waals surface area (Å²) in [6.45, 7) is 5.71. The number of nitrogens with zero attached hydrogens (tertiary/aromatic N) is 3. The molecule has 1 aliphatic heterocycles. The van der Waals surface area contributed by atoms with Crippen LogP contribution in [0.2, 0.25) is 0 Å². The van der Waals surface area contributed by atoms with Crippen molar-refractivity contribution in [3.05, 3.63) is 29.9 Å². The molecule has 1 saturated heterocycles. The van der Waals surface area contributed by atoms with E-state index in [1.54, 1.807) is 17.5 Å². The molecular weight excluding hydrogens is 272 g/mol. The summed E-state index contributed by atoms with van der Waals surface area (Å²) in [5, 5.41) is 6.42. The van der Waals surface area contributed by atoms with Crippen LogP contribution in [-0.4, -0.2) is 54.3 Å². The zero-order valence-corrected chi connectivity index (χ0v) is 12.1. The number of aromatic nitrogens is 2. The van der Waals surface area contributed by atoms with E-state index in [-0.39, 0.29) is 0 Å². The Morgan fingerprint density at radius 2 is 2.25 bits per heavy atom. The summed E-state index contributed by atoms with van der Waals surface area (Å²) in [4.78, 5) is 11.1. The van der Waals surface area contributed by atoms with Crippen LogP contribution in [0.1, 0.15) is 0 Å². The molecule has 0 atom stereocenters. The first-order valence-electron chi connectivity index (χ1n) is 6.82. The normalized spacial score (nSPS) is 16.2. The fourth-order valence-electron chi connectivity index (χ4n) is 2.15. The summed E-state index contributed by atoms with van der Waals surface area (Å²) in [6, 6.07) is 3.96. The van der Waals surface area contributed by atoms with E-state index in [1.165, 1.54) is 0 Å². The van der Waals surface area contributed by atoms with Crippen LogP contribution in [0.4, 0.5) is 5.13 Å². The number of hydrogen-bond acceptors (Lipinski definition) is 6. The van der Waals surface area contributed by atoms with Gasteiger partial charge < -0.3 is 10.1 Å². The molecule has 0 spiro atoms. The lowest BCUT2D eigenvalue weighted by atomic mass is 10.2. The summed E-state index contributed by atoms with van der Waals surface area (Å²) in [7, 11) is 0. The van der Waals surface area contributed by atoms with E-state index in [0.717, 1.165) is 55.8 Å². The molecule has 0 bridgehead atoms. The highest BCUT2D eigenvalue weighted by Crippen LogP contribution is 2.23. The van der Waals surface area contributed by atoms with Crippen molar-refractivity contribution in [2.75, 3.05) is 44.7 Å². The molecule has 0 aromatic carbocycles. The third-order valence-corrected chi connectivity index (χ3v) is 4.07. The Hall–Kier alpha value is -1.50. The molecule has 0 radical (unpaired) electrons. The Morgan fingerprint density at radius 3 is 3.05 bits per heavy atom. The smallest absolute Gasteiger partial charge is 0.183 e. The Balaban J connectivity index is 1.50. The minimum Gasteiger partial charge on any atom is -0.379 e. The number of pyridine rings is 1. The van der Waals surface area contributed by atoms with Crippen molar-refractivity contribution in [2.45, 2.75) is 0 Å². The third kappa shape index (κ3) is 3.53. The molecule has 0 unspecified atom stereocenters. The first-order chi connectivity index (χ1) is 9.92. The maximum absolute atomic E-state index is 5.34. The Labute approximate surface area is 122 Å². The number of hydrogen-bond donors (Lipinski definition) is 1. The fraction of sp³-hybridized carbons (Fsp3) is 0.429. The van der Waals surface area contributed by atoms with Gasteiger partial charge in [-0.05, 0) is 12.1 Å². The average Bonchev–Trinajstić information content (AvgIpc) is 2.98. The minimum atomic E-state index is 0.850. The monoisotopic (exact) mass is 290 g/mol. The molecule has 20 heavy (non-hydrogen) atoms. The average molecular weight is 290 g/mol. The third-order valence-electron chi connectivity index (χ3n) is 3.27. The molecule has 3 rings (SSSR count). The number of ether oxygens (including phenoxy) is 1. The van der Waals surface area contributed by atoms with Crippen molar-refractivity contribution in [3.63, 3.8) is 0 Å². The van der Waals surface area contributed by atoms with Gasteiger partial charge in [-0.1, -0.05) is 0 Å². The molecule has 0 amide bonds. The molecule has 106 valence electrons. The van der Waals surface area contributed by atoms with Gasteiger partial charge in [0.05, 0.1) is 18.9 Å². The lowest BCUT2D eigenvalue weighted by Crippen LogP contribution is -2.38. The Morgan fingerprint density at radius 1 is 1.35 bits per heavy atom. The SMILES string of the molecule is c1cncc(-c2csc(NCCN3CCOCC3)n2)c1. The summed E-state index contributed by atoms with van der Waals surface area (Å²) >= 11 is 1.64. The standard InChI is InChI=1S/C14H18N4OS/c1-2-12(10-15-3-1)13-11-20-14(17-13)16-4-5-18-6-8-19-9-7-18/h1-3,10-11H,4-9H2,(H,16,17). The number of morpholine rings is 1. The zero-order valence-electron chi connectivity index (χ0n) is 11.3. The van der Waals surface area contributed by atoms with E-state index in [1.807, 2.05) is 18.3 Å². The second kappa shape index (κ2) is 6.78. The summed E-state index contributed by atoms with van der Waals surface area (Å²) in [5.41, 5.74) is 2.04. The van der Waals surface area contributed by atoms with E-state index in [0.29, 0.717) is 0 Å². The van der Waals surface area contributed by atoms with E-state index < -0.39 is 0 Å². The van der Waals surface area contributed by atoms with Gasteiger partial charge in [0, 0.05) is 49.5 Å². The molecular formula is C14H18N4OS. The first-order valence-corrected chi connectivity index (χ1v) is 7.70. The van der Waals surface area contributed by atoms with Gasteiger partial charge in [-0.15, -0.1) is 11.3 Å². The predicted octanol–water partition coefficient (Wildman–Crippen LogP) is 1.95. The van der Waals surface area contributed by atoms with Gasteiger partial charge in [0.25, 0.3) is 0 Å². The molecule has 3 heterocycles. The van der Waals surface area contributed by atoms with Crippen LogP contribution in [-0.2, 0) is 4.74 Å². The highest BCUT2D eigenvalue weighted by atomic mass is 32.1. The molecule has 1 aliphatic rings. The first kappa shape index (κ1) is 13.5. The van der Waals surface area contributed by atoms with Crippen molar-refractivity contribution < 1.29 is 4.74 Å². The van der Waals surface area contributed by atoms with Crippen LogP contribution in [0.15, 0.2) is 29.9 Å². The van der Waals surface area contributed by atoms with Crippen LogP contribution in [0.5, 0.6) is 0 Å². The predicted molar refractivity (Wildman–Crippen MR) is 81.1 cm³/mol. The van der Waals surface area contributed by atoms with Gasteiger partial charge in [0.2, 0.25) is 0 Å². The van der Waals surface area contributed by atoms with Gasteiger partial charge in [-0.25, -0.2) is 4.98 Å². The largest absolute Gasteiger partial charge is 0.379 e. The van der Waals surface area contributed by atoms with Crippen LogP contribution in [0.3, 0.4) is 0 Å². The van der Waals surface area contributed by atoms with Crippen molar-refractivity contribution >= 4 is 16.5 Å². The molecule has 0 aliphatic carbocycles. The molecule has 1 N–H and O–H groups in total. The van der Waals surface area contributed by atoms with Crippen molar-refractivity contribution in [1.29, 1.82) is 0 Å². The molecule has 2 aromatic heterocycles. The number of thiazole rings is 1. The maximum atomic E-state index is 5.34. The van der Waals surface area contributed by atoms with Gasteiger partial charge >= 0.3 is 0 Å². The Kier molecular flexibility index (Phi) is 4.57. The van der Waals surface area contributed by atoms with Crippen LogP contribution < -0.4 is 5.32 Å². The topological polar surface area (TPSA) is 50.3 Å². The van der Waals surface area contributed by atoms with Crippen LogP contribution >= 0.6 is 11.3 Å². The quantitative estimate of drug-likeness (QED) is 0.912. The van der Waals surface area contributed by atoms with E-state index in [9.17, 15) is 0 Å². The van der Waals surface area contributed by atoms with Gasteiger partial charge in [-0.2, -0.15) is 0 Å². The summed E-state index contributed by atoms with van der Waals surface area (Å²) < 4.78 is 5.34. The summed E-state index contributed by atoms with van der Waals surface area (Å²) in [5.74, 6) is 0. The molecule has 0 saturated carbocycles. The lowest BCUT2D eigenvalue weighted by Gasteiger charge is -2.26. The van der Waals surface area contributed by atoms with E-state index in [4.69, 9.17) is 4.74 Å². The van der Waals surface area contributed by atoms with Gasteiger partial charge in [0.1, 0.15) is 0 Å². The van der Waals surface area contributed by atoms with Crippen LogP contribution in [0, 0.1) is 0 Å². The molecule has 6 heteroatoms. The second-order valence-electron chi connectivity index (χ2n) is 4.66.